The number of imide groups is 2. The van der Waals surface area contributed by atoms with Gasteiger partial charge < -0.3 is 18.9 Å². The fraction of sp³-hybridized carbons (Fsp3) is 0.439. The highest BCUT2D eigenvalue weighted by Gasteiger charge is 2.62. The standard InChI is InChI=1S/C57H52N2O8/c1-3-31-13-19-35(20-14-31)58-53(60)39-27-49-51(29-41(39)55(58)62)66-47-25-33(17-23-45(47)64-49)57(43-11-7-5-9-37(43)38-10-6-8-12-44(38)57)34-18-24-46-48(26-34)67-52-30-42-40(28-50(52)65-46)54(61)59(56(42)63)36-21-15-32(4-2)16-22-36/h1-2,5-16,19-22,33-34,39-42,45-52H,17-18,23-30H2. The van der Waals surface area contributed by atoms with Crippen LogP contribution in [0.4, 0.5) is 11.4 Å². The molecule has 67 heavy (non-hydrogen) atoms. The number of anilines is 2. The van der Waals surface area contributed by atoms with Crippen molar-refractivity contribution in [2.45, 2.75) is 118 Å². The van der Waals surface area contributed by atoms with Gasteiger partial charge in [0.1, 0.15) is 0 Å². The highest BCUT2D eigenvalue weighted by molar-refractivity contribution is 6.23. The topological polar surface area (TPSA) is 112 Å². The van der Waals surface area contributed by atoms with E-state index in [1.165, 1.54) is 32.1 Å². The Balaban J connectivity index is 0.767. The quantitative estimate of drug-likeness (QED) is 0.151. The molecule has 5 aliphatic carbocycles. The predicted molar refractivity (Wildman–Crippen MR) is 248 cm³/mol. The van der Waals surface area contributed by atoms with Crippen LogP contribution in [0.1, 0.15) is 86.5 Å². The fourth-order valence-corrected chi connectivity index (χ4v) is 14.8. The first kappa shape index (κ1) is 41.3. The molecule has 8 fully saturated rings. The number of rotatable bonds is 4. The van der Waals surface area contributed by atoms with Crippen molar-refractivity contribution in [1.29, 1.82) is 0 Å². The van der Waals surface area contributed by atoms with Crippen LogP contribution in [0.3, 0.4) is 0 Å². The highest BCUT2D eigenvalue weighted by Crippen LogP contribution is 2.63. The predicted octanol–water partition coefficient (Wildman–Crippen LogP) is 7.76. The van der Waals surface area contributed by atoms with E-state index in [0.29, 0.717) is 48.2 Å². The Labute approximate surface area is 390 Å². The molecule has 4 aliphatic heterocycles. The lowest BCUT2D eigenvalue weighted by atomic mass is 9.53. The molecule has 10 nitrogen and oxygen atoms in total. The van der Waals surface area contributed by atoms with Gasteiger partial charge in [0.25, 0.3) is 0 Å². The van der Waals surface area contributed by atoms with Crippen molar-refractivity contribution in [2.24, 2.45) is 35.5 Å². The third-order valence-electron chi connectivity index (χ3n) is 17.7. The van der Waals surface area contributed by atoms with Crippen molar-refractivity contribution in [3.63, 3.8) is 0 Å². The summed E-state index contributed by atoms with van der Waals surface area (Å²) in [6.07, 6.45) is 16.6. The van der Waals surface area contributed by atoms with Gasteiger partial charge in [-0.25, -0.2) is 0 Å². The minimum Gasteiger partial charge on any atom is -0.370 e. The lowest BCUT2D eigenvalue weighted by molar-refractivity contribution is -0.258. The minimum atomic E-state index is -0.457. The molecule has 338 valence electrons. The van der Waals surface area contributed by atoms with Crippen molar-refractivity contribution in [2.75, 3.05) is 9.80 Å². The maximum absolute atomic E-state index is 14.0. The zero-order valence-corrected chi connectivity index (χ0v) is 37.2. The molecule has 0 spiro atoms. The molecule has 4 heterocycles. The molecule has 14 unspecified atom stereocenters. The van der Waals surface area contributed by atoms with Crippen molar-refractivity contribution >= 4 is 35.0 Å². The minimum absolute atomic E-state index is 0.0982. The summed E-state index contributed by atoms with van der Waals surface area (Å²) in [4.78, 5) is 58.4. The summed E-state index contributed by atoms with van der Waals surface area (Å²) in [5.41, 5.74) is 7.46. The molecule has 4 amide bonds. The Morgan fingerprint density at radius 2 is 0.746 bits per heavy atom. The molecule has 0 N–H and O–H groups in total. The van der Waals surface area contributed by atoms with E-state index in [9.17, 15) is 19.2 Å². The number of carbonyl (C=O) groups excluding carboxylic acids is 4. The molecule has 0 bridgehead atoms. The van der Waals surface area contributed by atoms with Gasteiger partial charge in [0.15, 0.2) is 0 Å². The van der Waals surface area contributed by atoms with Crippen molar-refractivity contribution in [3.05, 3.63) is 119 Å². The van der Waals surface area contributed by atoms with E-state index >= 15 is 0 Å². The van der Waals surface area contributed by atoms with Crippen LogP contribution in [0, 0.1) is 60.2 Å². The number of fused-ring (bicyclic) bond motifs is 9. The number of nitrogens with zero attached hydrogens (tertiary/aromatic N) is 2. The molecular weight excluding hydrogens is 841 g/mol. The highest BCUT2D eigenvalue weighted by atomic mass is 16.6. The Morgan fingerprint density at radius 3 is 1.10 bits per heavy atom. The van der Waals surface area contributed by atoms with Gasteiger partial charge in [0.05, 0.1) is 83.9 Å². The monoisotopic (exact) mass is 892 g/mol. The van der Waals surface area contributed by atoms with E-state index in [1.54, 1.807) is 48.5 Å². The number of hydrogen-bond acceptors (Lipinski definition) is 8. The lowest BCUT2D eigenvalue weighted by Crippen LogP contribution is -2.59. The number of benzene rings is 4. The average molecular weight is 893 g/mol. The summed E-state index contributed by atoms with van der Waals surface area (Å²) in [6, 6.07) is 32.0. The molecule has 10 heteroatoms. The first-order chi connectivity index (χ1) is 32.7. The summed E-state index contributed by atoms with van der Waals surface area (Å²) in [6.45, 7) is 0. The average Bonchev–Trinajstić information content (AvgIpc) is 3.90. The fourth-order valence-electron chi connectivity index (χ4n) is 14.8. The van der Waals surface area contributed by atoms with Crippen molar-refractivity contribution < 1.29 is 38.1 Å². The van der Waals surface area contributed by atoms with E-state index in [0.717, 1.165) is 38.5 Å². The smallest absolute Gasteiger partial charge is 0.237 e. The Morgan fingerprint density at radius 1 is 0.418 bits per heavy atom. The largest absolute Gasteiger partial charge is 0.370 e. The van der Waals surface area contributed by atoms with Gasteiger partial charge >= 0.3 is 0 Å². The van der Waals surface area contributed by atoms with Crippen LogP contribution in [0.15, 0.2) is 97.1 Å². The van der Waals surface area contributed by atoms with E-state index in [-0.39, 0.29) is 89.7 Å². The number of ether oxygens (including phenoxy) is 4. The zero-order valence-electron chi connectivity index (χ0n) is 37.2. The Bertz CT molecular complexity index is 2620. The Kier molecular flexibility index (Phi) is 9.61. The first-order valence-electron chi connectivity index (χ1n) is 24.4. The van der Waals surface area contributed by atoms with E-state index in [4.69, 9.17) is 31.8 Å². The molecule has 9 aliphatic rings. The van der Waals surface area contributed by atoms with Gasteiger partial charge in [-0.3, -0.25) is 29.0 Å². The first-order valence-corrected chi connectivity index (χ1v) is 24.4. The molecule has 0 aromatic heterocycles. The van der Waals surface area contributed by atoms with Gasteiger partial charge in [0.2, 0.25) is 23.6 Å². The number of terminal acetylenes is 2. The molecule has 13 rings (SSSR count). The molecule has 4 saturated carbocycles. The Hall–Kier alpha value is -5.88. The number of amides is 4. The second-order valence-corrected chi connectivity index (χ2v) is 20.6. The maximum Gasteiger partial charge on any atom is 0.237 e. The molecular formula is C57H52N2O8. The van der Waals surface area contributed by atoms with Crippen LogP contribution < -0.4 is 9.80 Å². The third kappa shape index (κ3) is 6.12. The van der Waals surface area contributed by atoms with E-state index in [2.05, 4.69) is 60.4 Å². The SMILES string of the molecule is C#Cc1ccc(N2C(=O)C3CC4OC5CCC(C6(C7CCC8OC9CC%10C(=O)N(c%11ccc(C#C)cc%11)C(=O)C%10CC9OC8C7)c7ccccc7-c7ccccc76)CC5OC4CC3C2=O)cc1. The molecule has 0 radical (unpaired) electrons. The van der Waals surface area contributed by atoms with Crippen LogP contribution in [-0.2, 0) is 43.5 Å². The van der Waals surface area contributed by atoms with Gasteiger partial charge in [-0.1, -0.05) is 60.4 Å². The van der Waals surface area contributed by atoms with Crippen LogP contribution in [-0.4, -0.2) is 72.5 Å². The van der Waals surface area contributed by atoms with E-state index in [1.807, 2.05) is 0 Å². The molecule has 4 saturated heterocycles. The van der Waals surface area contributed by atoms with E-state index < -0.39 is 23.7 Å². The van der Waals surface area contributed by atoms with Crippen molar-refractivity contribution in [1.82, 2.24) is 0 Å². The summed E-state index contributed by atoms with van der Waals surface area (Å²) < 4.78 is 28.3. The summed E-state index contributed by atoms with van der Waals surface area (Å²) in [7, 11) is 0. The van der Waals surface area contributed by atoms with Gasteiger partial charge in [-0.15, -0.1) is 12.8 Å². The second kappa shape index (κ2) is 15.6. The summed E-state index contributed by atoms with van der Waals surface area (Å²) >= 11 is 0. The zero-order chi connectivity index (χ0) is 45.3. The normalized spacial score (nSPS) is 36.6. The summed E-state index contributed by atoms with van der Waals surface area (Å²) in [5, 5.41) is 0. The van der Waals surface area contributed by atoms with Gasteiger partial charge in [-0.2, -0.15) is 0 Å². The molecule has 4 aromatic carbocycles. The number of carbonyl (C=O) groups is 4. The van der Waals surface area contributed by atoms with Gasteiger partial charge in [-0.05, 0) is 147 Å². The maximum atomic E-state index is 14.0. The van der Waals surface area contributed by atoms with Gasteiger partial charge in [0, 0.05) is 16.5 Å². The van der Waals surface area contributed by atoms with Crippen LogP contribution in [0.25, 0.3) is 11.1 Å². The van der Waals surface area contributed by atoms with Crippen LogP contribution in [0.5, 0.6) is 0 Å². The third-order valence-corrected chi connectivity index (χ3v) is 17.7. The molecule has 4 aromatic rings. The summed E-state index contributed by atoms with van der Waals surface area (Å²) in [5.74, 6) is 3.20. The van der Waals surface area contributed by atoms with Crippen LogP contribution in [0.2, 0.25) is 0 Å². The second-order valence-electron chi connectivity index (χ2n) is 20.6. The molecule has 14 atom stereocenters. The number of hydrogen-bond donors (Lipinski definition) is 0. The lowest BCUT2D eigenvalue weighted by Gasteiger charge is -2.56. The van der Waals surface area contributed by atoms with Crippen molar-refractivity contribution in [3.8, 4) is 35.8 Å². The van der Waals surface area contributed by atoms with Crippen LogP contribution >= 0.6 is 0 Å².